The van der Waals surface area contributed by atoms with Gasteiger partial charge in [0.05, 0.1) is 0 Å². The van der Waals surface area contributed by atoms with E-state index in [9.17, 15) is 9.18 Å². The van der Waals surface area contributed by atoms with Crippen molar-refractivity contribution >= 4 is 63.7 Å². The average molecular weight is 583 g/mol. The summed E-state index contributed by atoms with van der Waals surface area (Å²) in [6, 6.07) is 5.81. The highest BCUT2D eigenvalue weighted by Gasteiger charge is 2.34. The van der Waals surface area contributed by atoms with Crippen molar-refractivity contribution in [3.05, 3.63) is 30.1 Å². The summed E-state index contributed by atoms with van der Waals surface area (Å²) in [6.45, 7) is 2.26. The molecule has 1 aromatic rings. The van der Waals surface area contributed by atoms with Gasteiger partial charge in [0.2, 0.25) is 9.70 Å². The molecule has 0 radical (unpaired) electrons. The molecule has 0 aliphatic rings. The number of rotatable bonds is 19. The van der Waals surface area contributed by atoms with E-state index in [1.54, 1.807) is 12.1 Å². The molecule has 1 aromatic carbocycles. The van der Waals surface area contributed by atoms with Crippen LogP contribution >= 0.6 is 47.0 Å². The van der Waals surface area contributed by atoms with Gasteiger partial charge >= 0.3 is 0 Å². The summed E-state index contributed by atoms with van der Waals surface area (Å²) in [4.78, 5) is 12.4. The van der Waals surface area contributed by atoms with Crippen molar-refractivity contribution in [3.8, 4) is 0 Å². The van der Waals surface area contributed by atoms with Gasteiger partial charge in [-0.15, -0.1) is 0 Å². The molecule has 0 spiro atoms. The Kier molecular flexibility index (Phi) is 18.6. The Balaban J connectivity index is 2.12. The Morgan fingerprint density at radius 2 is 1.36 bits per heavy atom. The number of nitrogens with one attached hydrogen (secondary N) is 3. The number of hydrogen-bond acceptors (Lipinski definition) is 2. The molecule has 1 atom stereocenters. The van der Waals surface area contributed by atoms with Crippen molar-refractivity contribution in [2.75, 3.05) is 5.32 Å². The van der Waals surface area contributed by atoms with Crippen LogP contribution in [0.4, 0.5) is 10.1 Å². The molecule has 0 saturated carbocycles. The summed E-state index contributed by atoms with van der Waals surface area (Å²) < 4.78 is 11.5. The Morgan fingerprint density at radius 1 is 0.861 bits per heavy atom. The van der Waals surface area contributed by atoms with Crippen LogP contribution in [0.5, 0.6) is 0 Å². The summed E-state index contributed by atoms with van der Waals surface area (Å²) in [5, 5.41) is 8.38. The van der Waals surface area contributed by atoms with Crippen LogP contribution in [0.2, 0.25) is 0 Å². The molecule has 3 N–H and O–H groups in total. The van der Waals surface area contributed by atoms with Crippen molar-refractivity contribution in [2.24, 2.45) is 0 Å². The molecule has 1 amide bonds. The number of thiocarbonyl (C=S) groups is 1. The molecule has 0 unspecified atom stereocenters. The zero-order chi connectivity index (χ0) is 26.7. The average Bonchev–Trinajstić information content (AvgIpc) is 2.80. The number of benzene rings is 1. The Labute approximate surface area is 237 Å². The molecule has 0 heterocycles. The molecule has 0 fully saturated rings. The van der Waals surface area contributed by atoms with Gasteiger partial charge in [0.15, 0.2) is 5.11 Å². The summed E-state index contributed by atoms with van der Waals surface area (Å²) in [7, 11) is 0. The van der Waals surface area contributed by atoms with Gasteiger partial charge in [0.25, 0.3) is 0 Å². The molecule has 0 saturated heterocycles. The van der Waals surface area contributed by atoms with Gasteiger partial charge in [-0.05, 0) is 36.8 Å². The summed E-state index contributed by atoms with van der Waals surface area (Å²) in [5.74, 6) is -0.625. The number of hydrogen-bond donors (Lipinski definition) is 3. The number of halogens is 4. The lowest BCUT2D eigenvalue weighted by molar-refractivity contribution is -0.122. The standard InChI is InChI=1S/C27H43Cl3FN3OS/c1-2-3-4-5-6-7-8-9-10-11-12-13-14-15-16-20-24(35)33-25(27(28,29)30)34-26(36)32-23-19-17-18-22(31)21-23/h17-19,21,25H,2-16,20H2,1H3,(H,33,35)(H2,32,34,36)/t25-/m0/s1. The highest BCUT2D eigenvalue weighted by atomic mass is 35.6. The van der Waals surface area contributed by atoms with Gasteiger partial charge < -0.3 is 16.0 Å². The summed E-state index contributed by atoms with van der Waals surface area (Å²) in [5.41, 5.74) is 0.444. The maximum Gasteiger partial charge on any atom is 0.228 e. The summed E-state index contributed by atoms with van der Waals surface area (Å²) >= 11 is 23.3. The van der Waals surface area contributed by atoms with Crippen molar-refractivity contribution in [1.29, 1.82) is 0 Å². The zero-order valence-corrected chi connectivity index (χ0v) is 24.6. The molecule has 0 aliphatic carbocycles. The topological polar surface area (TPSA) is 53.2 Å². The van der Waals surface area contributed by atoms with E-state index < -0.39 is 15.8 Å². The third-order valence-corrected chi connectivity index (χ3v) is 6.87. The van der Waals surface area contributed by atoms with Crippen LogP contribution in [0, 0.1) is 5.82 Å². The predicted molar refractivity (Wildman–Crippen MR) is 158 cm³/mol. The van der Waals surface area contributed by atoms with Crippen LogP contribution < -0.4 is 16.0 Å². The molecule has 4 nitrogen and oxygen atoms in total. The molecule has 0 bridgehead atoms. The fourth-order valence-electron chi connectivity index (χ4n) is 3.95. The number of unbranched alkanes of at least 4 members (excludes halogenated alkanes) is 14. The van der Waals surface area contributed by atoms with Gasteiger partial charge in [-0.2, -0.15) is 0 Å². The van der Waals surface area contributed by atoms with Crippen LogP contribution in [0.15, 0.2) is 24.3 Å². The molecular weight excluding hydrogens is 540 g/mol. The maximum atomic E-state index is 13.3. The first-order valence-electron chi connectivity index (χ1n) is 13.4. The number of anilines is 1. The second-order valence-electron chi connectivity index (χ2n) is 9.35. The van der Waals surface area contributed by atoms with Crippen molar-refractivity contribution in [1.82, 2.24) is 10.6 Å². The highest BCUT2D eigenvalue weighted by molar-refractivity contribution is 7.80. The van der Waals surface area contributed by atoms with E-state index in [1.165, 1.54) is 89.2 Å². The zero-order valence-electron chi connectivity index (χ0n) is 21.5. The van der Waals surface area contributed by atoms with Crippen molar-refractivity contribution in [2.45, 2.75) is 120 Å². The van der Waals surface area contributed by atoms with Crippen LogP contribution in [0.1, 0.15) is 110 Å². The first-order valence-corrected chi connectivity index (χ1v) is 15.0. The van der Waals surface area contributed by atoms with E-state index in [4.69, 9.17) is 47.0 Å². The number of carbonyl (C=O) groups excluding carboxylic acids is 1. The van der Waals surface area contributed by atoms with Gasteiger partial charge in [-0.1, -0.05) is 138 Å². The van der Waals surface area contributed by atoms with Crippen LogP contribution in [-0.2, 0) is 4.79 Å². The molecule has 1 rings (SSSR count). The fraction of sp³-hybridized carbons (Fsp3) is 0.704. The Hall–Kier alpha value is -0.820. The lowest BCUT2D eigenvalue weighted by Gasteiger charge is -2.27. The maximum absolute atomic E-state index is 13.3. The smallest absolute Gasteiger partial charge is 0.228 e. The monoisotopic (exact) mass is 581 g/mol. The number of amides is 1. The summed E-state index contributed by atoms with van der Waals surface area (Å²) in [6.07, 6.45) is 18.3. The Bertz CT molecular complexity index is 749. The number of alkyl halides is 3. The van der Waals surface area contributed by atoms with Crippen LogP contribution in [0.25, 0.3) is 0 Å². The molecule has 36 heavy (non-hydrogen) atoms. The van der Waals surface area contributed by atoms with Gasteiger partial charge in [-0.25, -0.2) is 4.39 Å². The second kappa shape index (κ2) is 20.2. The first kappa shape index (κ1) is 33.2. The van der Waals surface area contributed by atoms with E-state index in [0.717, 1.165) is 19.3 Å². The molecule has 0 aromatic heterocycles. The van der Waals surface area contributed by atoms with Crippen LogP contribution in [-0.4, -0.2) is 21.0 Å². The van der Waals surface area contributed by atoms with Gasteiger partial charge in [0, 0.05) is 12.1 Å². The molecule has 9 heteroatoms. The lowest BCUT2D eigenvalue weighted by Crippen LogP contribution is -2.56. The van der Waals surface area contributed by atoms with Crippen molar-refractivity contribution in [3.63, 3.8) is 0 Å². The van der Waals surface area contributed by atoms with E-state index >= 15 is 0 Å². The Morgan fingerprint density at radius 3 is 1.83 bits per heavy atom. The third-order valence-electron chi connectivity index (χ3n) is 6.00. The minimum Gasteiger partial charge on any atom is -0.339 e. The minimum absolute atomic E-state index is 0.101. The second-order valence-corrected chi connectivity index (χ2v) is 12.1. The molecular formula is C27H43Cl3FN3OS. The van der Waals surface area contributed by atoms with Crippen LogP contribution in [0.3, 0.4) is 0 Å². The lowest BCUT2D eigenvalue weighted by atomic mass is 10.0. The van der Waals surface area contributed by atoms with E-state index in [0.29, 0.717) is 12.1 Å². The predicted octanol–water partition coefficient (Wildman–Crippen LogP) is 9.19. The van der Waals surface area contributed by atoms with E-state index in [1.807, 2.05) is 0 Å². The third kappa shape index (κ3) is 17.6. The molecule has 0 aliphatic heterocycles. The first-order chi connectivity index (χ1) is 17.2. The van der Waals surface area contributed by atoms with Gasteiger partial charge in [-0.3, -0.25) is 4.79 Å². The van der Waals surface area contributed by atoms with Gasteiger partial charge in [0.1, 0.15) is 12.0 Å². The SMILES string of the molecule is CCCCCCCCCCCCCCCCCC(=O)N[C@@H](NC(=S)Nc1cccc(F)c1)C(Cl)(Cl)Cl. The minimum atomic E-state index is -1.82. The normalized spacial score (nSPS) is 12.2. The van der Waals surface area contributed by atoms with Crippen molar-refractivity contribution < 1.29 is 9.18 Å². The van der Waals surface area contributed by atoms with E-state index in [2.05, 4.69) is 22.9 Å². The number of carbonyl (C=O) groups is 1. The fourth-order valence-corrected chi connectivity index (χ4v) is 4.52. The molecule has 206 valence electrons. The van der Waals surface area contributed by atoms with E-state index in [-0.39, 0.29) is 11.0 Å². The highest BCUT2D eigenvalue weighted by Crippen LogP contribution is 2.29. The largest absolute Gasteiger partial charge is 0.339 e. The quantitative estimate of drug-likeness (QED) is 0.0659.